The van der Waals surface area contributed by atoms with E-state index >= 15 is 4.39 Å². The normalized spacial score (nSPS) is 22.5. The van der Waals surface area contributed by atoms with Crippen LogP contribution in [0.5, 0.6) is 11.6 Å². The number of anilines is 1. The monoisotopic (exact) mass is 938 g/mol. The molecule has 1 saturated carbocycles. The average Bonchev–Trinajstić information content (AvgIpc) is 3.85. The maximum absolute atomic E-state index is 17.3. The van der Waals surface area contributed by atoms with Crippen molar-refractivity contribution in [3.63, 3.8) is 0 Å². The number of fused-ring (bicyclic) bond motifs is 1. The number of hydrogen-bond acceptors (Lipinski definition) is 14. The zero-order valence-electron chi connectivity index (χ0n) is 37.8. The second-order valence-electron chi connectivity index (χ2n) is 16.9. The quantitative estimate of drug-likeness (QED) is 0.0345. The lowest BCUT2D eigenvalue weighted by molar-refractivity contribution is -0.203. The van der Waals surface area contributed by atoms with Crippen LogP contribution in [-0.4, -0.2) is 85.7 Å². The molecule has 0 amide bonds. The van der Waals surface area contributed by atoms with E-state index in [-0.39, 0.29) is 42.3 Å². The molecule has 2 fully saturated rings. The predicted molar refractivity (Wildman–Crippen MR) is 247 cm³/mol. The lowest BCUT2D eigenvalue weighted by atomic mass is 9.77. The molecule has 4 aromatic carbocycles. The maximum atomic E-state index is 17.3. The van der Waals surface area contributed by atoms with E-state index in [4.69, 9.17) is 38.0 Å². The molecule has 16 nitrogen and oxygen atoms in total. The smallest absolute Gasteiger partial charge is 0.406 e. The second kappa shape index (κ2) is 20.2. The first-order chi connectivity index (χ1) is 32.3. The van der Waals surface area contributed by atoms with Crippen molar-refractivity contribution in [1.82, 2.24) is 24.6 Å². The molecule has 0 spiro atoms. The van der Waals surface area contributed by atoms with Gasteiger partial charge in [-0.3, -0.25) is 18.4 Å². The molecular formula is C49H56FN6O10P. The number of imidazole rings is 1. The fourth-order valence-electron chi connectivity index (χ4n) is 8.61. The highest BCUT2D eigenvalue weighted by atomic mass is 31.2. The van der Waals surface area contributed by atoms with Gasteiger partial charge < -0.3 is 34.5 Å². The Bertz CT molecular complexity index is 2600. The van der Waals surface area contributed by atoms with Crippen LogP contribution in [0.1, 0.15) is 81.4 Å². The summed E-state index contributed by atoms with van der Waals surface area (Å²) in [6, 6.07) is 34.6. The number of carbonyl (C=O) groups is 1. The number of methoxy groups -OCH3 is 1. The Morgan fingerprint density at radius 3 is 2.15 bits per heavy atom. The summed E-state index contributed by atoms with van der Waals surface area (Å²) in [5.74, 6) is -3.09. The van der Waals surface area contributed by atoms with Crippen LogP contribution in [-0.2, 0) is 40.0 Å². The summed E-state index contributed by atoms with van der Waals surface area (Å²) in [4.78, 5) is 27.4. The number of halogens is 1. The minimum absolute atomic E-state index is 0.0529. The molecule has 4 N–H and O–H groups in total. The third-order valence-electron chi connectivity index (χ3n) is 12.1. The zero-order valence-corrected chi connectivity index (χ0v) is 38.7. The van der Waals surface area contributed by atoms with Gasteiger partial charge in [0, 0.05) is 0 Å². The summed E-state index contributed by atoms with van der Waals surface area (Å²) in [7, 11) is -2.99. The lowest BCUT2D eigenvalue weighted by Gasteiger charge is -2.37. The van der Waals surface area contributed by atoms with E-state index in [9.17, 15) is 19.6 Å². The Morgan fingerprint density at radius 2 is 1.54 bits per heavy atom. The zero-order chi connectivity index (χ0) is 47.2. The van der Waals surface area contributed by atoms with Gasteiger partial charge in [0.05, 0.1) is 26.7 Å². The number of rotatable bonds is 19. The number of alkyl halides is 1. The molecule has 1 saturated heterocycles. The molecule has 67 heavy (non-hydrogen) atoms. The van der Waals surface area contributed by atoms with Crippen molar-refractivity contribution < 1.29 is 52.0 Å². The number of hydrogen-bond donors (Lipinski definition) is 4. The molecule has 18 heteroatoms. The van der Waals surface area contributed by atoms with Gasteiger partial charge in [0.1, 0.15) is 41.7 Å². The summed E-state index contributed by atoms with van der Waals surface area (Å²) < 4.78 is 67.6. The molecule has 354 valence electrons. The standard InChI is InChI=1S/C49H56FN6O10P/c1-5-62-42-40-41(52-46(53-42)54-49(35-20-12-7-13-21-35,36-22-14-8-15-23-36)37-26-28-38(61-4)29-27-37)56(32-51-40)45-47(3,59)44(58)48(50,66-45)31-64-67(60,63-30-34-18-10-6-11-19-34)55-33(2)43(57)65-39-24-16-9-17-25-39/h6-8,10-15,18-23,26-29,32-33,39,44-45,58-59H,5,9,16-17,24-25,30-31H2,1-4H3,(H,55,60)(H,52,53,54)/t33-,44-,45+,47+,48+,67?/m0/s1. The number of aromatic nitrogens is 4. The van der Waals surface area contributed by atoms with Gasteiger partial charge in [-0.05, 0) is 80.8 Å². The van der Waals surface area contributed by atoms with Crippen molar-refractivity contribution in [3.05, 3.63) is 144 Å². The number of benzene rings is 4. The van der Waals surface area contributed by atoms with E-state index in [0.29, 0.717) is 24.2 Å². The SMILES string of the molecule is CCOc1nc(NC(c2ccccc2)(c2ccccc2)c2ccc(OC)cc2)nc2c1ncn2[C@@H]1O[C@](F)(COP(=O)(N[C@@H](C)C(=O)OC2CCCCC2)OCc2ccccc2)[C@@H](O)[C@@]1(C)O. The summed E-state index contributed by atoms with van der Waals surface area (Å²) >= 11 is 0. The van der Waals surface area contributed by atoms with Gasteiger partial charge in [-0.2, -0.15) is 9.97 Å². The van der Waals surface area contributed by atoms with Crippen molar-refractivity contribution in [2.24, 2.45) is 0 Å². The second-order valence-corrected chi connectivity index (χ2v) is 18.7. The van der Waals surface area contributed by atoms with E-state index in [0.717, 1.165) is 36.0 Å². The van der Waals surface area contributed by atoms with E-state index in [2.05, 4.69) is 15.4 Å². The molecule has 1 unspecified atom stereocenters. The number of ether oxygens (including phenoxy) is 4. The van der Waals surface area contributed by atoms with Crippen LogP contribution >= 0.6 is 7.75 Å². The predicted octanol–water partition coefficient (Wildman–Crippen LogP) is 8.14. The van der Waals surface area contributed by atoms with E-state index < -0.39 is 55.7 Å². The number of nitrogens with zero attached hydrogens (tertiary/aromatic N) is 4. The largest absolute Gasteiger partial charge is 0.497 e. The molecule has 0 bridgehead atoms. The minimum Gasteiger partial charge on any atom is -0.497 e. The number of aliphatic hydroxyl groups excluding tert-OH is 1. The molecule has 0 radical (unpaired) electrons. The Morgan fingerprint density at radius 1 is 0.925 bits per heavy atom. The molecule has 2 aliphatic rings. The number of nitrogens with one attached hydrogen (secondary N) is 2. The Labute approximate surface area is 388 Å². The van der Waals surface area contributed by atoms with Crippen molar-refractivity contribution in [3.8, 4) is 11.6 Å². The van der Waals surface area contributed by atoms with Gasteiger partial charge in [-0.25, -0.2) is 19.0 Å². The van der Waals surface area contributed by atoms with Crippen LogP contribution < -0.4 is 19.9 Å². The van der Waals surface area contributed by atoms with Crippen molar-refractivity contribution in [2.45, 2.75) is 101 Å². The van der Waals surface area contributed by atoms with E-state index in [1.54, 1.807) is 44.4 Å². The van der Waals surface area contributed by atoms with Crippen LogP contribution in [0.2, 0.25) is 0 Å². The topological polar surface area (TPSA) is 198 Å². The first kappa shape index (κ1) is 47.7. The van der Waals surface area contributed by atoms with Crippen molar-refractivity contribution in [2.75, 3.05) is 25.6 Å². The fraction of sp³-hybridized carbons (Fsp3) is 0.388. The van der Waals surface area contributed by atoms with Crippen LogP contribution in [0.15, 0.2) is 122 Å². The third kappa shape index (κ3) is 10.1. The molecular weight excluding hydrogens is 883 g/mol. The first-order valence-corrected chi connectivity index (χ1v) is 23.9. The number of carbonyl (C=O) groups excluding carboxylic acids is 1. The van der Waals surface area contributed by atoms with E-state index in [1.165, 1.54) is 24.7 Å². The lowest BCUT2D eigenvalue weighted by Crippen LogP contribution is -2.49. The molecule has 1 aliphatic carbocycles. The Balaban J connectivity index is 1.12. The van der Waals surface area contributed by atoms with Crippen LogP contribution in [0, 0.1) is 0 Å². The van der Waals surface area contributed by atoms with Crippen molar-refractivity contribution >= 4 is 30.8 Å². The summed E-state index contributed by atoms with van der Waals surface area (Å²) in [5, 5.41) is 29.7. The minimum atomic E-state index is -4.59. The van der Waals surface area contributed by atoms with Gasteiger partial charge in [-0.15, -0.1) is 0 Å². The third-order valence-corrected chi connectivity index (χ3v) is 13.8. The van der Waals surface area contributed by atoms with Crippen LogP contribution in [0.3, 0.4) is 0 Å². The van der Waals surface area contributed by atoms with Gasteiger partial charge in [0.25, 0.3) is 5.85 Å². The molecule has 6 atom stereocenters. The van der Waals surface area contributed by atoms with Gasteiger partial charge in [0.15, 0.2) is 17.4 Å². The molecule has 2 aromatic heterocycles. The highest BCUT2D eigenvalue weighted by Crippen LogP contribution is 2.51. The van der Waals surface area contributed by atoms with Crippen LogP contribution in [0.4, 0.5) is 10.3 Å². The summed E-state index contributed by atoms with van der Waals surface area (Å²) in [6.45, 7) is 3.15. The maximum Gasteiger partial charge on any atom is 0.406 e. The van der Waals surface area contributed by atoms with Gasteiger partial charge in [0.2, 0.25) is 11.8 Å². The fourth-order valence-corrected chi connectivity index (χ4v) is 10.1. The number of aliphatic hydroxyl groups is 2. The molecule has 6 aromatic rings. The molecule has 1 aliphatic heterocycles. The van der Waals surface area contributed by atoms with Gasteiger partial charge in [-0.1, -0.05) is 110 Å². The number of esters is 1. The first-order valence-electron chi connectivity index (χ1n) is 22.4. The summed E-state index contributed by atoms with van der Waals surface area (Å²) in [5.41, 5.74) is -0.198. The van der Waals surface area contributed by atoms with Crippen molar-refractivity contribution in [1.29, 1.82) is 0 Å². The molecule has 8 rings (SSSR count). The highest BCUT2D eigenvalue weighted by Gasteiger charge is 2.64. The molecule has 3 heterocycles. The van der Waals surface area contributed by atoms with E-state index in [1.807, 2.05) is 84.9 Å². The Hall–Kier alpha value is -5.78. The van der Waals surface area contributed by atoms with Crippen LogP contribution in [0.25, 0.3) is 11.2 Å². The van der Waals surface area contributed by atoms with Gasteiger partial charge >= 0.3 is 13.7 Å². The highest BCUT2D eigenvalue weighted by molar-refractivity contribution is 7.51. The average molecular weight is 939 g/mol. The Kier molecular flexibility index (Phi) is 14.4. The summed E-state index contributed by atoms with van der Waals surface area (Å²) in [6.07, 6.45) is 1.33.